The number of nitrogens with zero attached hydrogens (tertiary/aromatic N) is 2. The topological polar surface area (TPSA) is 59.1 Å². The molecule has 0 heterocycles. The van der Waals surface area contributed by atoms with Gasteiger partial charge in [-0.05, 0) is 60.5 Å². The van der Waals surface area contributed by atoms with Gasteiger partial charge in [-0.15, -0.1) is 12.4 Å². The summed E-state index contributed by atoms with van der Waals surface area (Å²) in [5.41, 5.74) is 1.76. The maximum atomic E-state index is 12.7. The lowest BCUT2D eigenvalue weighted by Gasteiger charge is -2.25. The van der Waals surface area contributed by atoms with E-state index in [1.165, 1.54) is 10.8 Å². The van der Waals surface area contributed by atoms with Crippen LogP contribution in [0.5, 0.6) is 0 Å². The highest BCUT2D eigenvalue weighted by molar-refractivity contribution is 6.25. The molecular formula is C34H35ClN2O4. The summed E-state index contributed by atoms with van der Waals surface area (Å²) in [5, 5.41) is 6.81. The van der Waals surface area contributed by atoms with E-state index in [0.29, 0.717) is 13.1 Å². The van der Waals surface area contributed by atoms with Crippen LogP contribution in [0.2, 0.25) is 0 Å². The smallest absolute Gasteiger partial charge is 0.307 e. The van der Waals surface area contributed by atoms with Crippen molar-refractivity contribution >= 4 is 56.7 Å². The first-order valence-corrected chi connectivity index (χ1v) is 13.7. The van der Waals surface area contributed by atoms with Gasteiger partial charge in [0.1, 0.15) is 0 Å². The molecule has 2 atom stereocenters. The highest BCUT2D eigenvalue weighted by Gasteiger charge is 2.28. The molecule has 0 spiro atoms. The molecule has 0 saturated heterocycles. The van der Waals surface area contributed by atoms with Gasteiger partial charge in [-0.2, -0.15) is 0 Å². The summed E-state index contributed by atoms with van der Waals surface area (Å²) in [6, 6.07) is 16.8. The Hall–Kier alpha value is -3.81. The molecule has 5 rings (SSSR count). The minimum absolute atomic E-state index is 0. The minimum Gasteiger partial charge on any atom is -0.457 e. The molecule has 0 N–H and O–H groups in total. The molecule has 0 unspecified atom stereocenters. The predicted molar refractivity (Wildman–Crippen MR) is 166 cm³/mol. The summed E-state index contributed by atoms with van der Waals surface area (Å²) in [5.74, 6) is 12.6. The van der Waals surface area contributed by atoms with Crippen LogP contribution in [0.25, 0.3) is 32.3 Å². The van der Waals surface area contributed by atoms with Crippen LogP contribution in [0.1, 0.15) is 36.8 Å². The van der Waals surface area contributed by atoms with Gasteiger partial charge in [0.25, 0.3) is 0 Å². The summed E-state index contributed by atoms with van der Waals surface area (Å²) in [4.78, 5) is 29.3. The molecule has 1 aliphatic rings. The van der Waals surface area contributed by atoms with Gasteiger partial charge in [0, 0.05) is 24.2 Å². The Kier molecular flexibility index (Phi) is 9.73. The van der Waals surface area contributed by atoms with Crippen LogP contribution in [-0.2, 0) is 19.1 Å². The van der Waals surface area contributed by atoms with Crippen LogP contribution in [0.4, 0.5) is 0 Å². The molecule has 0 aliphatic heterocycles. The molecule has 7 heteroatoms. The average Bonchev–Trinajstić information content (AvgIpc) is 2.93. The van der Waals surface area contributed by atoms with Crippen LogP contribution < -0.4 is 0 Å². The number of hydrogen-bond donors (Lipinski definition) is 0. The fourth-order valence-corrected chi connectivity index (χ4v) is 5.16. The predicted octanol–water partition coefficient (Wildman–Crippen LogP) is 5.23. The number of carbonyl (C=O) groups is 2. The van der Waals surface area contributed by atoms with E-state index in [9.17, 15) is 9.59 Å². The first-order chi connectivity index (χ1) is 19.3. The SMILES string of the molecule is CN(C)CCC(=O)O[C@H]1CC#Cc2c(c3cccc4ccc5cccc2c5c43)C#CC[C@@H]1OC(=O)CCN(C)C.Cl. The molecule has 41 heavy (non-hydrogen) atoms. The normalized spacial score (nSPS) is 16.4. The fourth-order valence-electron chi connectivity index (χ4n) is 5.16. The highest BCUT2D eigenvalue weighted by atomic mass is 35.5. The second-order valence-electron chi connectivity index (χ2n) is 10.8. The third-order valence-corrected chi connectivity index (χ3v) is 7.21. The van der Waals surface area contributed by atoms with Crippen molar-refractivity contribution in [2.24, 2.45) is 0 Å². The van der Waals surface area contributed by atoms with Crippen molar-refractivity contribution in [2.75, 3.05) is 41.3 Å². The Morgan fingerprint density at radius 1 is 0.707 bits per heavy atom. The molecule has 0 bridgehead atoms. The zero-order chi connectivity index (χ0) is 28.2. The molecule has 4 aromatic rings. The Morgan fingerprint density at radius 3 is 1.51 bits per heavy atom. The van der Waals surface area contributed by atoms with Gasteiger partial charge in [-0.3, -0.25) is 9.59 Å². The Morgan fingerprint density at radius 2 is 1.12 bits per heavy atom. The Balaban J connectivity index is 0.00000387. The molecule has 0 radical (unpaired) electrons. The number of rotatable bonds is 8. The summed E-state index contributed by atoms with van der Waals surface area (Å²) in [6.07, 6.45) is -0.475. The molecule has 4 aromatic carbocycles. The summed E-state index contributed by atoms with van der Waals surface area (Å²) in [7, 11) is 7.62. The Bertz CT molecular complexity index is 1560. The van der Waals surface area contributed by atoms with E-state index >= 15 is 0 Å². The Labute approximate surface area is 247 Å². The number of carbonyl (C=O) groups excluding carboxylic acids is 2. The average molecular weight is 571 g/mol. The van der Waals surface area contributed by atoms with Crippen molar-refractivity contribution in [1.82, 2.24) is 9.80 Å². The largest absolute Gasteiger partial charge is 0.457 e. The van der Waals surface area contributed by atoms with Gasteiger partial charge in [-0.1, -0.05) is 72.2 Å². The zero-order valence-electron chi connectivity index (χ0n) is 24.0. The van der Waals surface area contributed by atoms with E-state index in [4.69, 9.17) is 9.47 Å². The molecule has 0 aromatic heterocycles. The monoisotopic (exact) mass is 570 g/mol. The van der Waals surface area contributed by atoms with Gasteiger partial charge < -0.3 is 19.3 Å². The summed E-state index contributed by atoms with van der Waals surface area (Å²) < 4.78 is 11.7. The van der Waals surface area contributed by atoms with Crippen molar-refractivity contribution in [2.45, 2.75) is 37.9 Å². The number of esters is 2. The molecule has 212 valence electrons. The van der Waals surface area contributed by atoms with Crippen molar-refractivity contribution in [3.05, 3.63) is 59.7 Å². The van der Waals surface area contributed by atoms with Crippen molar-refractivity contribution < 1.29 is 19.1 Å². The van der Waals surface area contributed by atoms with Gasteiger partial charge in [0.2, 0.25) is 0 Å². The minimum atomic E-state index is -0.711. The number of halogens is 1. The van der Waals surface area contributed by atoms with E-state index in [-0.39, 0.29) is 50.0 Å². The molecular weight excluding hydrogens is 536 g/mol. The van der Waals surface area contributed by atoms with Crippen molar-refractivity contribution in [3.63, 3.8) is 0 Å². The molecule has 1 aliphatic carbocycles. The van der Waals surface area contributed by atoms with Crippen LogP contribution in [0.15, 0.2) is 48.5 Å². The van der Waals surface area contributed by atoms with Gasteiger partial charge in [0.05, 0.1) is 25.7 Å². The lowest BCUT2D eigenvalue weighted by Crippen LogP contribution is -2.36. The molecule has 0 amide bonds. The number of ether oxygens (including phenoxy) is 2. The number of fused-ring (bicyclic) bond motifs is 3. The van der Waals surface area contributed by atoms with Crippen LogP contribution in [-0.4, -0.2) is 75.2 Å². The maximum absolute atomic E-state index is 12.7. The quantitative estimate of drug-likeness (QED) is 0.164. The lowest BCUT2D eigenvalue weighted by atomic mass is 9.87. The van der Waals surface area contributed by atoms with Crippen molar-refractivity contribution in [3.8, 4) is 23.7 Å². The third kappa shape index (κ3) is 6.75. The van der Waals surface area contributed by atoms with Crippen LogP contribution >= 0.6 is 12.4 Å². The maximum Gasteiger partial charge on any atom is 0.307 e. The summed E-state index contributed by atoms with van der Waals surface area (Å²) in [6.45, 7) is 1.13. The zero-order valence-corrected chi connectivity index (χ0v) is 24.8. The van der Waals surface area contributed by atoms with Gasteiger partial charge in [-0.25, -0.2) is 0 Å². The van der Waals surface area contributed by atoms with E-state index < -0.39 is 12.2 Å². The molecule has 0 saturated carbocycles. The summed E-state index contributed by atoms with van der Waals surface area (Å²) >= 11 is 0. The van der Waals surface area contributed by atoms with Crippen LogP contribution in [0, 0.1) is 23.7 Å². The van der Waals surface area contributed by atoms with E-state index in [0.717, 1.165) is 32.7 Å². The number of hydrogen-bond acceptors (Lipinski definition) is 6. The second-order valence-corrected chi connectivity index (χ2v) is 10.8. The number of benzene rings is 4. The van der Waals surface area contributed by atoms with E-state index in [1.54, 1.807) is 0 Å². The van der Waals surface area contributed by atoms with E-state index in [1.807, 2.05) is 38.0 Å². The standard InChI is InChI=1S/C34H34N2O4.ClH/c1-35(2)21-19-31(37)39-29-15-7-11-25-26(12-8-16-30(29)40-32(38)20-22-36(3)4)28-14-6-10-24-18-17-23-9-5-13-27(25)33(23)34(24)28;/h5-6,9-10,13-14,17-18,29-30H,15-16,19-22H2,1-4H3;1H/t29-,30-;/m0./s1. The lowest BCUT2D eigenvalue weighted by molar-refractivity contribution is -0.167. The fraction of sp³-hybridized carbons (Fsp3) is 0.353. The first kappa shape index (κ1) is 30.2. The van der Waals surface area contributed by atoms with Crippen LogP contribution in [0.3, 0.4) is 0 Å². The second kappa shape index (κ2) is 13.2. The highest BCUT2D eigenvalue weighted by Crippen LogP contribution is 2.38. The van der Waals surface area contributed by atoms with E-state index in [2.05, 4.69) is 72.2 Å². The van der Waals surface area contributed by atoms with Crippen molar-refractivity contribution in [1.29, 1.82) is 0 Å². The molecule has 6 nitrogen and oxygen atoms in total. The third-order valence-electron chi connectivity index (χ3n) is 7.21. The van der Waals surface area contributed by atoms with Gasteiger partial charge in [0.15, 0.2) is 12.2 Å². The van der Waals surface area contributed by atoms with Gasteiger partial charge >= 0.3 is 11.9 Å². The molecule has 0 fully saturated rings. The first-order valence-electron chi connectivity index (χ1n) is 13.7.